The summed E-state index contributed by atoms with van der Waals surface area (Å²) in [5, 5.41) is 4.07. The molecule has 0 atom stereocenters. The molecule has 2 rings (SSSR count). The Hall–Kier alpha value is -2.14. The van der Waals surface area contributed by atoms with Gasteiger partial charge in [-0.1, -0.05) is 12.1 Å². The Morgan fingerprint density at radius 2 is 2.00 bits per heavy atom. The highest BCUT2D eigenvalue weighted by atomic mass is 16.1. The van der Waals surface area contributed by atoms with Crippen LogP contribution < -0.4 is 11.5 Å². The molecule has 0 aliphatic carbocycles. The molecule has 1 amide bonds. The average Bonchev–Trinajstić information content (AvgIpc) is 2.80. The van der Waals surface area contributed by atoms with Gasteiger partial charge in [0.05, 0.1) is 17.4 Å². The minimum Gasteiger partial charge on any atom is -0.366 e. The summed E-state index contributed by atoms with van der Waals surface area (Å²) in [6.45, 7) is 0.632. The maximum absolute atomic E-state index is 10.9. The number of nitrogens with zero attached hydrogens (tertiary/aromatic N) is 2. The average molecular weight is 230 g/mol. The zero-order valence-corrected chi connectivity index (χ0v) is 9.34. The SMILES string of the molecule is NCCc1ccc(-n2cc(C(N)=O)cn2)cc1. The van der Waals surface area contributed by atoms with Crippen molar-refractivity contribution in [3.8, 4) is 5.69 Å². The van der Waals surface area contributed by atoms with E-state index < -0.39 is 5.91 Å². The lowest BCUT2D eigenvalue weighted by atomic mass is 10.1. The molecule has 0 fully saturated rings. The number of hydrogen-bond donors (Lipinski definition) is 2. The Labute approximate surface area is 99.0 Å². The summed E-state index contributed by atoms with van der Waals surface area (Å²) < 4.78 is 1.62. The van der Waals surface area contributed by atoms with E-state index in [0.717, 1.165) is 12.1 Å². The number of hydrogen-bond acceptors (Lipinski definition) is 3. The largest absolute Gasteiger partial charge is 0.366 e. The first kappa shape index (κ1) is 11.3. The molecule has 0 aliphatic heterocycles. The van der Waals surface area contributed by atoms with E-state index in [9.17, 15) is 4.79 Å². The molecule has 0 unspecified atom stereocenters. The van der Waals surface area contributed by atoms with Gasteiger partial charge in [-0.05, 0) is 30.7 Å². The van der Waals surface area contributed by atoms with Crippen LogP contribution in [0.3, 0.4) is 0 Å². The number of amides is 1. The van der Waals surface area contributed by atoms with Crippen LogP contribution in [0.1, 0.15) is 15.9 Å². The summed E-state index contributed by atoms with van der Waals surface area (Å²) in [5.74, 6) is -0.476. The fourth-order valence-electron chi connectivity index (χ4n) is 1.57. The Balaban J connectivity index is 2.23. The van der Waals surface area contributed by atoms with Gasteiger partial charge in [-0.15, -0.1) is 0 Å². The fourth-order valence-corrected chi connectivity index (χ4v) is 1.57. The Morgan fingerprint density at radius 1 is 1.29 bits per heavy atom. The molecule has 0 bridgehead atoms. The number of aromatic nitrogens is 2. The Kier molecular flexibility index (Phi) is 3.20. The van der Waals surface area contributed by atoms with E-state index in [0.29, 0.717) is 12.1 Å². The van der Waals surface area contributed by atoms with Gasteiger partial charge in [-0.2, -0.15) is 5.10 Å². The summed E-state index contributed by atoms with van der Waals surface area (Å²) in [7, 11) is 0. The number of nitrogens with two attached hydrogens (primary N) is 2. The third-order valence-electron chi connectivity index (χ3n) is 2.50. The van der Waals surface area contributed by atoms with Crippen molar-refractivity contribution in [2.75, 3.05) is 6.54 Å². The van der Waals surface area contributed by atoms with Crippen molar-refractivity contribution in [2.45, 2.75) is 6.42 Å². The van der Waals surface area contributed by atoms with E-state index in [2.05, 4.69) is 5.10 Å². The summed E-state index contributed by atoms with van der Waals surface area (Å²) in [6, 6.07) is 7.85. The molecule has 0 spiro atoms. The summed E-state index contributed by atoms with van der Waals surface area (Å²) >= 11 is 0. The molecular weight excluding hydrogens is 216 g/mol. The van der Waals surface area contributed by atoms with Crippen LogP contribution in [0, 0.1) is 0 Å². The summed E-state index contributed by atoms with van der Waals surface area (Å²) in [5.41, 5.74) is 13.1. The van der Waals surface area contributed by atoms with E-state index in [4.69, 9.17) is 11.5 Å². The van der Waals surface area contributed by atoms with Gasteiger partial charge < -0.3 is 11.5 Å². The molecular formula is C12H14N4O. The Bertz CT molecular complexity index is 516. The predicted octanol–water partition coefficient (Wildman–Crippen LogP) is 0.472. The predicted molar refractivity (Wildman–Crippen MR) is 64.8 cm³/mol. The van der Waals surface area contributed by atoms with Crippen LogP contribution in [-0.2, 0) is 6.42 Å². The van der Waals surface area contributed by atoms with Crippen LogP contribution >= 0.6 is 0 Å². The van der Waals surface area contributed by atoms with Crippen molar-refractivity contribution in [3.05, 3.63) is 47.8 Å². The van der Waals surface area contributed by atoms with Gasteiger partial charge >= 0.3 is 0 Å². The van der Waals surface area contributed by atoms with Gasteiger partial charge in [0.25, 0.3) is 5.91 Å². The van der Waals surface area contributed by atoms with Crippen molar-refractivity contribution in [2.24, 2.45) is 11.5 Å². The van der Waals surface area contributed by atoms with Gasteiger partial charge in [-0.25, -0.2) is 4.68 Å². The quantitative estimate of drug-likeness (QED) is 0.800. The number of benzene rings is 1. The molecule has 1 aromatic heterocycles. The van der Waals surface area contributed by atoms with Crippen molar-refractivity contribution in [1.82, 2.24) is 9.78 Å². The second kappa shape index (κ2) is 4.80. The number of primary amides is 1. The first-order valence-electron chi connectivity index (χ1n) is 5.34. The first-order chi connectivity index (χ1) is 8.20. The first-order valence-corrected chi connectivity index (χ1v) is 5.34. The van der Waals surface area contributed by atoms with Crippen molar-refractivity contribution in [3.63, 3.8) is 0 Å². The van der Waals surface area contributed by atoms with E-state index in [1.807, 2.05) is 24.3 Å². The molecule has 17 heavy (non-hydrogen) atoms. The zero-order valence-electron chi connectivity index (χ0n) is 9.34. The third kappa shape index (κ3) is 2.51. The summed E-state index contributed by atoms with van der Waals surface area (Å²) in [6.07, 6.45) is 3.92. The lowest BCUT2D eigenvalue weighted by Gasteiger charge is -2.03. The van der Waals surface area contributed by atoms with E-state index in [1.165, 1.54) is 11.8 Å². The van der Waals surface area contributed by atoms with Crippen LogP contribution in [0.5, 0.6) is 0 Å². The highest BCUT2D eigenvalue weighted by Crippen LogP contribution is 2.10. The molecule has 88 valence electrons. The highest BCUT2D eigenvalue weighted by Gasteiger charge is 2.05. The molecule has 0 aliphatic rings. The van der Waals surface area contributed by atoms with Crippen LogP contribution in [0.4, 0.5) is 0 Å². The van der Waals surface area contributed by atoms with Gasteiger partial charge in [0.2, 0.25) is 0 Å². The highest BCUT2D eigenvalue weighted by molar-refractivity contribution is 5.92. The maximum Gasteiger partial charge on any atom is 0.251 e. The lowest BCUT2D eigenvalue weighted by Crippen LogP contribution is -2.09. The molecule has 5 nitrogen and oxygen atoms in total. The molecule has 0 saturated heterocycles. The minimum absolute atomic E-state index is 0.399. The second-order valence-corrected chi connectivity index (χ2v) is 3.74. The van der Waals surface area contributed by atoms with E-state index in [-0.39, 0.29) is 0 Å². The number of rotatable bonds is 4. The molecule has 1 heterocycles. The van der Waals surface area contributed by atoms with E-state index in [1.54, 1.807) is 10.9 Å². The van der Waals surface area contributed by atoms with Crippen LogP contribution in [0.25, 0.3) is 5.69 Å². The molecule has 0 radical (unpaired) electrons. The molecule has 0 saturated carbocycles. The third-order valence-corrected chi connectivity index (χ3v) is 2.50. The second-order valence-electron chi connectivity index (χ2n) is 3.74. The van der Waals surface area contributed by atoms with Gasteiger partial charge in [0.1, 0.15) is 0 Å². The van der Waals surface area contributed by atoms with Gasteiger partial charge in [0, 0.05) is 6.20 Å². The molecule has 1 aromatic carbocycles. The lowest BCUT2D eigenvalue weighted by molar-refractivity contribution is 0.100. The Morgan fingerprint density at radius 3 is 2.53 bits per heavy atom. The van der Waals surface area contributed by atoms with Crippen molar-refractivity contribution in [1.29, 1.82) is 0 Å². The number of carbonyl (C=O) groups is 1. The monoisotopic (exact) mass is 230 g/mol. The summed E-state index contributed by atoms with van der Waals surface area (Å²) in [4.78, 5) is 10.9. The van der Waals surface area contributed by atoms with Crippen molar-refractivity contribution >= 4 is 5.91 Å². The number of carbonyl (C=O) groups excluding carboxylic acids is 1. The normalized spacial score (nSPS) is 10.4. The molecule has 4 N–H and O–H groups in total. The van der Waals surface area contributed by atoms with Crippen LogP contribution in [0.2, 0.25) is 0 Å². The van der Waals surface area contributed by atoms with Gasteiger partial charge in [-0.3, -0.25) is 4.79 Å². The van der Waals surface area contributed by atoms with Gasteiger partial charge in [0.15, 0.2) is 0 Å². The zero-order chi connectivity index (χ0) is 12.3. The fraction of sp³-hybridized carbons (Fsp3) is 0.167. The van der Waals surface area contributed by atoms with Crippen LogP contribution in [0.15, 0.2) is 36.7 Å². The van der Waals surface area contributed by atoms with Crippen LogP contribution in [-0.4, -0.2) is 22.2 Å². The molecule has 2 aromatic rings. The standard InChI is InChI=1S/C12H14N4O/c13-6-5-9-1-3-11(4-2-9)16-8-10(7-15-16)12(14)17/h1-4,7-8H,5-6,13H2,(H2,14,17). The minimum atomic E-state index is -0.476. The smallest absolute Gasteiger partial charge is 0.251 e. The van der Waals surface area contributed by atoms with E-state index >= 15 is 0 Å². The van der Waals surface area contributed by atoms with Crippen molar-refractivity contribution < 1.29 is 4.79 Å². The topological polar surface area (TPSA) is 86.9 Å². The molecule has 5 heteroatoms. The maximum atomic E-state index is 10.9.